The van der Waals surface area contributed by atoms with Crippen LogP contribution in [0.4, 0.5) is 0 Å². The fraction of sp³-hybridized carbons (Fsp3) is 0.263. The maximum Gasteiger partial charge on any atom is -0.0809 e. The number of hydrogen-bond acceptors (Lipinski definition) is 0. The van der Waals surface area contributed by atoms with Crippen LogP contribution < -0.4 is 0 Å². The SMILES string of the molecule is Cc1c(C)c(C)[c-](C)c1C.[Cl][Ti][Cl].c1ccc2[cH-]ccc2c1. The summed E-state index contributed by atoms with van der Waals surface area (Å²) in [5.41, 5.74) is 7.34. The van der Waals surface area contributed by atoms with Crippen molar-refractivity contribution in [1.82, 2.24) is 0 Å². The van der Waals surface area contributed by atoms with E-state index in [1.807, 2.05) is 0 Å². The molecule has 0 aliphatic heterocycles. The van der Waals surface area contributed by atoms with Gasteiger partial charge in [-0.05, 0) is 0 Å². The molecule has 0 aliphatic carbocycles. The molecule has 0 heterocycles. The maximum absolute atomic E-state index is 4.89. The molecule has 3 aromatic carbocycles. The Bertz CT molecular complexity index is 597. The predicted molar refractivity (Wildman–Crippen MR) is 97.0 cm³/mol. The van der Waals surface area contributed by atoms with Gasteiger partial charge in [0.15, 0.2) is 0 Å². The van der Waals surface area contributed by atoms with Crippen LogP contribution >= 0.6 is 18.6 Å². The van der Waals surface area contributed by atoms with Crippen LogP contribution in [0.3, 0.4) is 0 Å². The van der Waals surface area contributed by atoms with Gasteiger partial charge in [-0.2, -0.15) is 45.3 Å². The largest absolute Gasteiger partial charge is 0.168 e. The molecule has 0 fully saturated rings. The second-order valence-electron chi connectivity index (χ2n) is 5.35. The molecule has 3 rings (SSSR count). The smallest absolute Gasteiger partial charge is 0.0809 e. The van der Waals surface area contributed by atoms with E-state index in [9.17, 15) is 0 Å². The van der Waals surface area contributed by atoms with E-state index in [2.05, 4.69) is 77.1 Å². The van der Waals surface area contributed by atoms with Crippen LogP contribution in [0.5, 0.6) is 0 Å². The molecule has 118 valence electrons. The molecule has 0 aliphatic rings. The van der Waals surface area contributed by atoms with Crippen LogP contribution in [-0.2, 0) is 17.0 Å². The van der Waals surface area contributed by atoms with E-state index in [1.165, 1.54) is 38.6 Å². The Labute approximate surface area is 150 Å². The van der Waals surface area contributed by atoms with Crippen molar-refractivity contribution in [2.45, 2.75) is 34.6 Å². The number of rotatable bonds is 0. The Hall–Kier alpha value is -0.526. The number of fused-ring (bicyclic) bond motifs is 1. The summed E-state index contributed by atoms with van der Waals surface area (Å²) in [6.07, 6.45) is 0. The number of benzene rings is 1. The molecule has 0 atom stereocenters. The van der Waals surface area contributed by atoms with Crippen LogP contribution in [0.2, 0.25) is 0 Å². The number of halogens is 2. The summed E-state index contributed by atoms with van der Waals surface area (Å²) in [5, 5.41) is 2.66. The Morgan fingerprint density at radius 2 is 1.41 bits per heavy atom. The van der Waals surface area contributed by atoms with Crippen LogP contribution in [0.15, 0.2) is 42.5 Å². The summed E-state index contributed by atoms with van der Waals surface area (Å²) < 4.78 is 0. The predicted octanol–water partition coefficient (Wildman–Crippen LogP) is 6.88. The van der Waals surface area contributed by atoms with E-state index < -0.39 is 17.0 Å². The van der Waals surface area contributed by atoms with Crippen molar-refractivity contribution in [3.8, 4) is 0 Å². The first-order chi connectivity index (χ1) is 10.4. The van der Waals surface area contributed by atoms with Gasteiger partial charge in [0, 0.05) is 0 Å². The third-order valence-corrected chi connectivity index (χ3v) is 4.36. The standard InChI is InChI=1S/C10H15.C9H7.2ClH.Ti/c1-6-7(2)9(4)10(5)8(6)3;1-2-5-9-7-3-6-8(9)4-1;;;/h1-5H3;1-7H;2*1H;/q2*-1;;;+2/p-2. The van der Waals surface area contributed by atoms with E-state index in [0.717, 1.165) is 0 Å². The number of hydrogen-bond donors (Lipinski definition) is 0. The minimum absolute atomic E-state index is 0.556. The minimum atomic E-state index is -0.556. The first-order valence-electron chi connectivity index (χ1n) is 7.20. The van der Waals surface area contributed by atoms with Gasteiger partial charge < -0.3 is 0 Å². The van der Waals surface area contributed by atoms with Gasteiger partial charge in [-0.3, -0.25) is 0 Å². The molecule has 0 N–H and O–H groups in total. The first kappa shape index (κ1) is 19.5. The van der Waals surface area contributed by atoms with Crippen LogP contribution in [0, 0.1) is 34.6 Å². The normalized spacial score (nSPS) is 9.59. The topological polar surface area (TPSA) is 0 Å². The van der Waals surface area contributed by atoms with Crippen molar-refractivity contribution in [2.24, 2.45) is 0 Å². The first-order valence-corrected chi connectivity index (χ1v) is 11.5. The van der Waals surface area contributed by atoms with Crippen LogP contribution in [0.1, 0.15) is 27.8 Å². The summed E-state index contributed by atoms with van der Waals surface area (Å²) in [4.78, 5) is 0. The minimum Gasteiger partial charge on any atom is -0.168 e. The Morgan fingerprint density at radius 1 is 0.909 bits per heavy atom. The quantitative estimate of drug-likeness (QED) is 0.299. The molecule has 0 radical (unpaired) electrons. The Balaban J connectivity index is 0.000000188. The fourth-order valence-electron chi connectivity index (χ4n) is 2.48. The molecule has 0 bridgehead atoms. The van der Waals surface area contributed by atoms with E-state index in [-0.39, 0.29) is 0 Å². The van der Waals surface area contributed by atoms with Gasteiger partial charge in [0.05, 0.1) is 0 Å². The molecule has 22 heavy (non-hydrogen) atoms. The van der Waals surface area contributed by atoms with Gasteiger partial charge >= 0.3 is 35.6 Å². The fourth-order valence-corrected chi connectivity index (χ4v) is 2.48. The van der Waals surface area contributed by atoms with Gasteiger partial charge in [-0.25, -0.2) is 0 Å². The molecule has 3 aromatic rings. The van der Waals surface area contributed by atoms with E-state index in [4.69, 9.17) is 18.6 Å². The Kier molecular flexibility index (Phi) is 8.50. The monoisotopic (exact) mass is 368 g/mol. The van der Waals surface area contributed by atoms with Gasteiger partial charge in [0.2, 0.25) is 0 Å². The summed E-state index contributed by atoms with van der Waals surface area (Å²) >= 11 is -0.556. The molecule has 0 nitrogen and oxygen atoms in total. The molecule has 3 heteroatoms. The molecule has 0 unspecified atom stereocenters. The molecule has 0 aromatic heterocycles. The van der Waals surface area contributed by atoms with Crippen LogP contribution in [0.25, 0.3) is 10.8 Å². The second kappa shape index (κ2) is 9.58. The maximum atomic E-state index is 4.89. The van der Waals surface area contributed by atoms with Crippen molar-refractivity contribution in [3.63, 3.8) is 0 Å². The average Bonchev–Trinajstić information content (AvgIpc) is 3.06. The summed E-state index contributed by atoms with van der Waals surface area (Å²) in [5.74, 6) is 0. The van der Waals surface area contributed by atoms with E-state index in [0.29, 0.717) is 0 Å². The zero-order valence-corrected chi connectivity index (χ0v) is 16.9. The van der Waals surface area contributed by atoms with Gasteiger partial charge in [0.25, 0.3) is 0 Å². The summed E-state index contributed by atoms with van der Waals surface area (Å²) in [7, 11) is 9.78. The van der Waals surface area contributed by atoms with Gasteiger partial charge in [-0.15, -0.1) is 29.7 Å². The van der Waals surface area contributed by atoms with Crippen molar-refractivity contribution in [2.75, 3.05) is 0 Å². The van der Waals surface area contributed by atoms with E-state index in [1.54, 1.807) is 0 Å². The van der Waals surface area contributed by atoms with Crippen molar-refractivity contribution in [1.29, 1.82) is 0 Å². The Morgan fingerprint density at radius 3 is 1.82 bits per heavy atom. The summed E-state index contributed by atoms with van der Waals surface area (Å²) in [6, 6.07) is 14.7. The van der Waals surface area contributed by atoms with Crippen molar-refractivity contribution >= 4 is 29.4 Å². The van der Waals surface area contributed by atoms with Gasteiger partial charge in [-0.1, -0.05) is 40.7 Å². The molecular weight excluding hydrogens is 347 g/mol. The molecule has 0 spiro atoms. The molecule has 0 amide bonds. The molecular formula is C19H22Cl2Ti-2. The third-order valence-electron chi connectivity index (χ3n) is 4.36. The van der Waals surface area contributed by atoms with Crippen molar-refractivity contribution < 1.29 is 17.0 Å². The third kappa shape index (κ3) is 5.00. The van der Waals surface area contributed by atoms with Gasteiger partial charge in [0.1, 0.15) is 0 Å². The molecule has 0 saturated heterocycles. The zero-order chi connectivity index (χ0) is 16.7. The molecule has 0 saturated carbocycles. The second-order valence-corrected chi connectivity index (χ2v) is 7.93. The summed E-state index contributed by atoms with van der Waals surface area (Å²) in [6.45, 7) is 11.0. The zero-order valence-electron chi connectivity index (χ0n) is 13.8. The van der Waals surface area contributed by atoms with E-state index >= 15 is 0 Å². The van der Waals surface area contributed by atoms with Crippen molar-refractivity contribution in [3.05, 3.63) is 70.3 Å². The van der Waals surface area contributed by atoms with Crippen LogP contribution in [-0.4, -0.2) is 0 Å². The average molecular weight is 369 g/mol.